The molecule has 0 saturated carbocycles. The summed E-state index contributed by atoms with van der Waals surface area (Å²) < 4.78 is 32.2. The lowest BCUT2D eigenvalue weighted by molar-refractivity contribution is -0.121. The lowest BCUT2D eigenvalue weighted by Gasteiger charge is -2.21. The van der Waals surface area contributed by atoms with Crippen molar-refractivity contribution in [1.29, 1.82) is 0 Å². The normalized spacial score (nSPS) is 11.4. The summed E-state index contributed by atoms with van der Waals surface area (Å²) in [6.45, 7) is 3.62. The van der Waals surface area contributed by atoms with Crippen molar-refractivity contribution in [3.05, 3.63) is 53.9 Å². The Morgan fingerprint density at radius 2 is 2.04 bits per heavy atom. The van der Waals surface area contributed by atoms with Crippen LogP contribution in [0.25, 0.3) is 0 Å². The molecule has 1 amide bonds. The zero-order valence-electron chi connectivity index (χ0n) is 15.1. The van der Waals surface area contributed by atoms with Crippen LogP contribution in [0, 0.1) is 6.92 Å². The molecule has 1 heterocycles. The predicted molar refractivity (Wildman–Crippen MR) is 98.2 cm³/mol. The van der Waals surface area contributed by atoms with Gasteiger partial charge in [0.15, 0.2) is 0 Å². The maximum atomic E-state index is 13.0. The van der Waals surface area contributed by atoms with E-state index in [0.717, 1.165) is 9.87 Å². The summed E-state index contributed by atoms with van der Waals surface area (Å²) >= 11 is 0. The number of likely N-dealkylation sites (N-methyl/N-ethyl adjacent to an activating group) is 1. The number of methoxy groups -OCH3 is 1. The lowest BCUT2D eigenvalue weighted by Crippen LogP contribution is -2.40. The van der Waals surface area contributed by atoms with Crippen LogP contribution in [0.3, 0.4) is 0 Å². The molecule has 0 spiro atoms. The van der Waals surface area contributed by atoms with Crippen LogP contribution in [-0.2, 0) is 21.4 Å². The molecule has 1 aromatic carbocycles. The highest BCUT2D eigenvalue weighted by Gasteiger charge is 2.28. The molecule has 1 aromatic heterocycles. The van der Waals surface area contributed by atoms with Crippen LogP contribution in [0.5, 0.6) is 5.75 Å². The molecule has 7 nitrogen and oxygen atoms in total. The summed E-state index contributed by atoms with van der Waals surface area (Å²) in [7, 11) is -2.45. The number of rotatable bonds is 8. The van der Waals surface area contributed by atoms with Gasteiger partial charge in [-0.3, -0.25) is 9.78 Å². The molecule has 0 atom stereocenters. The number of benzene rings is 1. The van der Waals surface area contributed by atoms with E-state index >= 15 is 0 Å². The van der Waals surface area contributed by atoms with Crippen LogP contribution in [0.2, 0.25) is 0 Å². The van der Waals surface area contributed by atoms with Gasteiger partial charge in [-0.1, -0.05) is 19.1 Å². The first-order valence-electron chi connectivity index (χ1n) is 8.20. The van der Waals surface area contributed by atoms with E-state index in [1.165, 1.54) is 7.11 Å². The summed E-state index contributed by atoms with van der Waals surface area (Å²) in [6, 6.07) is 10.3. The van der Waals surface area contributed by atoms with E-state index in [2.05, 4.69) is 10.3 Å². The van der Waals surface area contributed by atoms with Crippen molar-refractivity contribution in [2.75, 3.05) is 20.2 Å². The van der Waals surface area contributed by atoms with E-state index in [9.17, 15) is 13.2 Å². The quantitative estimate of drug-likeness (QED) is 0.757. The van der Waals surface area contributed by atoms with Gasteiger partial charge >= 0.3 is 0 Å². The maximum Gasteiger partial charge on any atom is 0.247 e. The van der Waals surface area contributed by atoms with Crippen molar-refractivity contribution in [3.8, 4) is 5.75 Å². The first kappa shape index (κ1) is 19.9. The molecule has 140 valence electrons. The molecule has 26 heavy (non-hydrogen) atoms. The second-order valence-electron chi connectivity index (χ2n) is 5.68. The van der Waals surface area contributed by atoms with Crippen molar-refractivity contribution in [2.24, 2.45) is 0 Å². The smallest absolute Gasteiger partial charge is 0.247 e. The first-order chi connectivity index (χ1) is 12.4. The predicted octanol–water partition coefficient (Wildman–Crippen LogP) is 1.73. The minimum absolute atomic E-state index is 0.0550. The van der Waals surface area contributed by atoms with E-state index in [1.54, 1.807) is 50.4 Å². The van der Waals surface area contributed by atoms with E-state index < -0.39 is 15.9 Å². The molecule has 0 unspecified atom stereocenters. The fourth-order valence-electron chi connectivity index (χ4n) is 2.40. The standard InChI is InChI=1S/C18H23N3O4S/c1-4-21(13-18(22)20-12-15-7-5-6-10-19-15)26(23,24)17-11-14(2)8-9-16(17)25-3/h5-11H,4,12-13H2,1-3H3,(H,20,22). The second-order valence-corrected chi connectivity index (χ2v) is 7.59. The third-order valence-corrected chi connectivity index (χ3v) is 5.74. The molecule has 2 rings (SSSR count). The number of pyridine rings is 1. The van der Waals surface area contributed by atoms with Gasteiger partial charge in [-0.25, -0.2) is 8.42 Å². The van der Waals surface area contributed by atoms with Gasteiger partial charge in [0.2, 0.25) is 15.9 Å². The monoisotopic (exact) mass is 377 g/mol. The number of hydrogen-bond acceptors (Lipinski definition) is 5. The molecule has 0 saturated heterocycles. The van der Waals surface area contributed by atoms with Gasteiger partial charge < -0.3 is 10.1 Å². The Labute approximate surface area is 154 Å². The molecular weight excluding hydrogens is 354 g/mol. The number of ether oxygens (including phenoxy) is 1. The van der Waals surface area contributed by atoms with Crippen LogP contribution in [0.15, 0.2) is 47.5 Å². The molecule has 0 fully saturated rings. The Kier molecular flexibility index (Phi) is 6.70. The number of amides is 1. The van der Waals surface area contributed by atoms with Crippen LogP contribution in [0.4, 0.5) is 0 Å². The minimum atomic E-state index is -3.86. The van der Waals surface area contributed by atoms with Gasteiger partial charge in [0.05, 0.1) is 25.9 Å². The number of aromatic nitrogens is 1. The number of aryl methyl sites for hydroxylation is 1. The van der Waals surface area contributed by atoms with Gasteiger partial charge in [-0.05, 0) is 36.8 Å². The molecule has 0 aliphatic heterocycles. The fraction of sp³-hybridized carbons (Fsp3) is 0.333. The third kappa shape index (κ3) is 4.80. The highest BCUT2D eigenvalue weighted by Crippen LogP contribution is 2.27. The van der Waals surface area contributed by atoms with Gasteiger partial charge in [0.25, 0.3) is 0 Å². The molecule has 0 aliphatic carbocycles. The Bertz CT molecular complexity index is 854. The van der Waals surface area contributed by atoms with Crippen molar-refractivity contribution in [2.45, 2.75) is 25.3 Å². The second kappa shape index (κ2) is 8.77. The van der Waals surface area contributed by atoms with Crippen molar-refractivity contribution >= 4 is 15.9 Å². The number of hydrogen-bond donors (Lipinski definition) is 1. The molecule has 0 bridgehead atoms. The summed E-state index contributed by atoms with van der Waals surface area (Å²) in [5, 5.41) is 2.69. The van der Waals surface area contributed by atoms with Gasteiger partial charge in [-0.15, -0.1) is 0 Å². The van der Waals surface area contributed by atoms with E-state index in [4.69, 9.17) is 4.74 Å². The average molecular weight is 377 g/mol. The van der Waals surface area contributed by atoms with Crippen LogP contribution < -0.4 is 10.1 Å². The van der Waals surface area contributed by atoms with Gasteiger partial charge in [-0.2, -0.15) is 4.31 Å². The SMILES string of the molecule is CCN(CC(=O)NCc1ccccn1)S(=O)(=O)c1cc(C)ccc1OC. The van der Waals surface area contributed by atoms with Crippen LogP contribution in [0.1, 0.15) is 18.2 Å². The lowest BCUT2D eigenvalue weighted by atomic mass is 10.2. The van der Waals surface area contributed by atoms with Crippen LogP contribution >= 0.6 is 0 Å². The zero-order chi connectivity index (χ0) is 19.2. The third-order valence-electron chi connectivity index (χ3n) is 3.80. The zero-order valence-corrected chi connectivity index (χ0v) is 15.9. The Morgan fingerprint density at radius 3 is 2.65 bits per heavy atom. The number of nitrogens with zero attached hydrogens (tertiary/aromatic N) is 2. The molecule has 8 heteroatoms. The largest absolute Gasteiger partial charge is 0.495 e. The van der Waals surface area contributed by atoms with E-state index in [-0.39, 0.29) is 30.3 Å². The van der Waals surface area contributed by atoms with Crippen molar-refractivity contribution in [1.82, 2.24) is 14.6 Å². The highest BCUT2D eigenvalue weighted by molar-refractivity contribution is 7.89. The molecule has 0 aliphatic rings. The maximum absolute atomic E-state index is 13.0. The first-order valence-corrected chi connectivity index (χ1v) is 9.64. The highest BCUT2D eigenvalue weighted by atomic mass is 32.2. The summed E-state index contributed by atoms with van der Waals surface area (Å²) in [4.78, 5) is 16.4. The molecule has 2 aromatic rings. The van der Waals surface area contributed by atoms with Gasteiger partial charge in [0, 0.05) is 12.7 Å². The number of nitrogens with one attached hydrogen (secondary N) is 1. The van der Waals surface area contributed by atoms with Crippen molar-refractivity contribution in [3.63, 3.8) is 0 Å². The molecular formula is C18H23N3O4S. The summed E-state index contributed by atoms with van der Waals surface area (Å²) in [6.07, 6.45) is 1.63. The summed E-state index contributed by atoms with van der Waals surface area (Å²) in [5.41, 5.74) is 1.49. The Balaban J connectivity index is 2.14. The van der Waals surface area contributed by atoms with E-state index in [0.29, 0.717) is 5.69 Å². The van der Waals surface area contributed by atoms with Gasteiger partial charge in [0.1, 0.15) is 10.6 Å². The number of carbonyl (C=O) groups is 1. The van der Waals surface area contributed by atoms with Crippen molar-refractivity contribution < 1.29 is 17.9 Å². The minimum Gasteiger partial charge on any atom is -0.495 e. The summed E-state index contributed by atoms with van der Waals surface area (Å²) in [5.74, 6) is -0.143. The Morgan fingerprint density at radius 1 is 1.27 bits per heavy atom. The molecule has 0 radical (unpaired) electrons. The number of sulfonamides is 1. The molecule has 1 N–H and O–H groups in total. The average Bonchev–Trinajstić information content (AvgIpc) is 2.65. The van der Waals surface area contributed by atoms with Crippen LogP contribution in [-0.4, -0.2) is 43.8 Å². The Hall–Kier alpha value is -2.45. The topological polar surface area (TPSA) is 88.6 Å². The number of carbonyl (C=O) groups excluding carboxylic acids is 1. The fourth-order valence-corrected chi connectivity index (χ4v) is 4.04. The van der Waals surface area contributed by atoms with E-state index in [1.807, 2.05) is 6.07 Å².